The van der Waals surface area contributed by atoms with Crippen LogP contribution in [0, 0.1) is 29.5 Å². The molecule has 4 rings (SSSR count). The Hall–Kier alpha value is -1.97. The summed E-state index contributed by atoms with van der Waals surface area (Å²) in [6.45, 7) is 7.59. The lowest BCUT2D eigenvalue weighted by atomic mass is 9.73. The molecule has 1 unspecified atom stereocenters. The summed E-state index contributed by atoms with van der Waals surface area (Å²) in [6, 6.07) is 3.94. The second kappa shape index (κ2) is 15.3. The van der Waals surface area contributed by atoms with Crippen LogP contribution in [0.4, 0.5) is 16.2 Å². The quantitative estimate of drug-likeness (QED) is 0.190. The Morgan fingerprint density at radius 1 is 1.02 bits per heavy atom. The number of anilines is 2. The monoisotopic (exact) mass is 572 g/mol. The van der Waals surface area contributed by atoms with E-state index in [1.165, 1.54) is 38.3 Å². The van der Waals surface area contributed by atoms with Crippen LogP contribution in [0.25, 0.3) is 0 Å². The van der Waals surface area contributed by atoms with Crippen LogP contribution in [0.2, 0.25) is 0 Å². The van der Waals surface area contributed by atoms with E-state index >= 15 is 0 Å². The van der Waals surface area contributed by atoms with E-state index in [4.69, 9.17) is 0 Å². The van der Waals surface area contributed by atoms with Crippen molar-refractivity contribution in [2.75, 3.05) is 36.5 Å². The van der Waals surface area contributed by atoms with E-state index in [-0.39, 0.29) is 5.82 Å². The molecule has 0 saturated heterocycles. The van der Waals surface area contributed by atoms with Crippen LogP contribution in [0.1, 0.15) is 83.6 Å². The summed E-state index contributed by atoms with van der Waals surface area (Å²) in [4.78, 5) is 13.0. The van der Waals surface area contributed by atoms with E-state index in [0.717, 1.165) is 68.2 Å². The molecule has 222 valence electrons. The number of nitrogens with one attached hydrogen (secondary N) is 3. The van der Waals surface area contributed by atoms with E-state index < -0.39 is 11.4 Å². The molecule has 0 bridgehead atoms. The van der Waals surface area contributed by atoms with Gasteiger partial charge in [0.2, 0.25) is 5.95 Å². The Morgan fingerprint density at radius 2 is 1.75 bits per heavy atom. The van der Waals surface area contributed by atoms with Crippen molar-refractivity contribution in [2.24, 2.45) is 23.7 Å². The first-order valence-corrected chi connectivity index (χ1v) is 16.5. The summed E-state index contributed by atoms with van der Waals surface area (Å²) in [6.07, 6.45) is 16.5. The van der Waals surface area contributed by atoms with Crippen LogP contribution in [-0.4, -0.2) is 51.5 Å². The molecule has 0 amide bonds. The van der Waals surface area contributed by atoms with Crippen molar-refractivity contribution in [2.45, 2.75) is 95.2 Å². The smallest absolute Gasteiger partial charge is 0.225 e. The molecule has 0 radical (unpaired) electrons. The van der Waals surface area contributed by atoms with Gasteiger partial charge in [0, 0.05) is 24.8 Å². The van der Waals surface area contributed by atoms with Crippen molar-refractivity contribution >= 4 is 23.5 Å². The van der Waals surface area contributed by atoms with Gasteiger partial charge in [-0.25, -0.2) is 14.4 Å². The molecule has 7 nitrogen and oxygen atoms in total. The maximum atomic E-state index is 14.7. The first-order chi connectivity index (χ1) is 19.3. The highest BCUT2D eigenvalue weighted by Crippen LogP contribution is 2.36. The molecule has 2 saturated carbocycles. The minimum Gasteiger partial charge on any atom is -0.390 e. The fraction of sp³-hybridized carbons (Fsp3) is 0.710. The lowest BCUT2D eigenvalue weighted by Gasteiger charge is -2.36. The van der Waals surface area contributed by atoms with Gasteiger partial charge in [-0.3, -0.25) is 0 Å². The molecule has 3 atom stereocenters. The van der Waals surface area contributed by atoms with Crippen LogP contribution in [-0.2, 0) is 6.54 Å². The maximum Gasteiger partial charge on any atom is 0.225 e. The largest absolute Gasteiger partial charge is 0.390 e. The van der Waals surface area contributed by atoms with Gasteiger partial charge in [0.25, 0.3) is 0 Å². The van der Waals surface area contributed by atoms with Gasteiger partial charge >= 0.3 is 0 Å². The van der Waals surface area contributed by atoms with Crippen LogP contribution < -0.4 is 16.0 Å². The lowest BCUT2D eigenvalue weighted by Crippen LogP contribution is -2.37. The molecular weight excluding hydrogens is 523 g/mol. The van der Waals surface area contributed by atoms with Crippen molar-refractivity contribution in [3.05, 3.63) is 35.9 Å². The van der Waals surface area contributed by atoms with E-state index in [1.54, 1.807) is 18.0 Å². The minimum atomic E-state index is -0.469. The Kier molecular flexibility index (Phi) is 11.9. The molecule has 40 heavy (non-hydrogen) atoms. The van der Waals surface area contributed by atoms with Crippen molar-refractivity contribution in [1.82, 2.24) is 20.3 Å². The molecule has 9 heteroatoms. The Balaban J connectivity index is 1.29. The van der Waals surface area contributed by atoms with Gasteiger partial charge in [-0.2, -0.15) is 4.98 Å². The van der Waals surface area contributed by atoms with E-state index in [0.29, 0.717) is 30.2 Å². The van der Waals surface area contributed by atoms with Gasteiger partial charge in [-0.05, 0) is 101 Å². The molecule has 0 spiro atoms. The number of unbranched alkanes of at least 4 members (excludes halogenated alkanes) is 1. The molecule has 2 aliphatic carbocycles. The fourth-order valence-corrected chi connectivity index (χ4v) is 7.06. The summed E-state index contributed by atoms with van der Waals surface area (Å²) >= 11 is 1.60. The third-order valence-electron chi connectivity index (χ3n) is 8.80. The summed E-state index contributed by atoms with van der Waals surface area (Å²) < 4.78 is 14.7. The summed E-state index contributed by atoms with van der Waals surface area (Å²) in [7, 11) is 0. The van der Waals surface area contributed by atoms with Crippen molar-refractivity contribution in [1.29, 1.82) is 0 Å². The second-order valence-electron chi connectivity index (χ2n) is 12.3. The number of halogens is 1. The normalized spacial score (nSPS) is 26.9. The topological polar surface area (TPSA) is 95.0 Å². The Bertz CT molecular complexity index is 1050. The van der Waals surface area contributed by atoms with Gasteiger partial charge < -0.3 is 21.1 Å². The lowest BCUT2D eigenvalue weighted by molar-refractivity contribution is 0.00799. The maximum absolute atomic E-state index is 14.7. The highest BCUT2D eigenvalue weighted by molar-refractivity contribution is 7.98. The number of thioether (sulfide) groups is 1. The molecule has 2 aliphatic rings. The molecule has 4 N–H and O–H groups in total. The number of pyridine rings is 1. The number of aliphatic hydroxyl groups is 1. The zero-order valence-electron chi connectivity index (χ0n) is 24.6. The molecule has 2 fully saturated rings. The summed E-state index contributed by atoms with van der Waals surface area (Å²) in [5.74, 6) is 2.81. The zero-order chi connectivity index (χ0) is 28.4. The van der Waals surface area contributed by atoms with Crippen LogP contribution >= 0.6 is 11.8 Å². The number of hydrogen-bond acceptors (Lipinski definition) is 8. The van der Waals surface area contributed by atoms with E-state index in [2.05, 4.69) is 37.8 Å². The molecular formula is C31H49FN6OS. The van der Waals surface area contributed by atoms with Crippen LogP contribution in [0.15, 0.2) is 29.6 Å². The highest BCUT2D eigenvalue weighted by atomic mass is 32.2. The average molecular weight is 573 g/mol. The molecule has 0 aliphatic heterocycles. The highest BCUT2D eigenvalue weighted by Gasteiger charge is 2.30. The predicted molar refractivity (Wildman–Crippen MR) is 163 cm³/mol. The van der Waals surface area contributed by atoms with Gasteiger partial charge in [0.05, 0.1) is 11.8 Å². The molecule has 0 aromatic carbocycles. The van der Waals surface area contributed by atoms with Gasteiger partial charge in [-0.1, -0.05) is 32.3 Å². The number of rotatable bonds is 14. The van der Waals surface area contributed by atoms with E-state index in [1.807, 2.05) is 25.3 Å². The third kappa shape index (κ3) is 9.55. The molecule has 2 heterocycles. The predicted octanol–water partition coefficient (Wildman–Crippen LogP) is 6.51. The number of nitrogens with zero attached hydrogens (tertiary/aromatic N) is 3. The van der Waals surface area contributed by atoms with Gasteiger partial charge in [0.15, 0.2) is 11.6 Å². The second-order valence-corrected chi connectivity index (χ2v) is 13.1. The van der Waals surface area contributed by atoms with E-state index in [9.17, 15) is 9.50 Å². The first kappa shape index (κ1) is 31.0. The summed E-state index contributed by atoms with van der Waals surface area (Å²) in [5, 5.41) is 21.5. The number of hydrogen-bond donors (Lipinski definition) is 4. The van der Waals surface area contributed by atoms with Crippen molar-refractivity contribution in [3.8, 4) is 0 Å². The average Bonchev–Trinajstić information content (AvgIpc) is 2.96. The third-order valence-corrected chi connectivity index (χ3v) is 9.55. The minimum absolute atomic E-state index is 0.271. The van der Waals surface area contributed by atoms with Crippen LogP contribution in [0.5, 0.6) is 0 Å². The van der Waals surface area contributed by atoms with Crippen molar-refractivity contribution in [3.63, 3.8) is 0 Å². The Morgan fingerprint density at radius 3 is 2.50 bits per heavy atom. The van der Waals surface area contributed by atoms with Crippen LogP contribution in [0.3, 0.4) is 0 Å². The molecule has 2 aromatic heterocycles. The standard InChI is InChI=1S/C31H49FN6OS/c1-4-5-7-23-14-24(18-33-17-22-9-11-31(2,39)12-10-22)16-25(15-23)19-35-28-27(32)21-37-30(38-28)36-20-26-8-6-13-34-29(26)40-3/h6,8,13,21-25,33,39H,4-5,7,9-12,14-20H2,1-3H3,(H2,35,36,37,38)/t22?,23?,24-,25-,31?/m1/s1. The fourth-order valence-electron chi connectivity index (χ4n) is 6.49. The number of aromatic nitrogens is 3. The SMILES string of the molecule is CCCCC1C[C@@H](CNCC2CCC(C)(O)CC2)C[C@H](CNc2nc(NCc3cccnc3SC)ncc2F)C1. The Labute approximate surface area is 244 Å². The zero-order valence-corrected chi connectivity index (χ0v) is 25.4. The summed E-state index contributed by atoms with van der Waals surface area (Å²) in [5.41, 5.74) is 0.594. The van der Waals surface area contributed by atoms with Gasteiger partial charge in [0.1, 0.15) is 5.03 Å². The van der Waals surface area contributed by atoms with Crippen molar-refractivity contribution < 1.29 is 9.50 Å². The first-order valence-electron chi connectivity index (χ1n) is 15.3. The molecule has 2 aromatic rings. The van der Waals surface area contributed by atoms with Gasteiger partial charge in [-0.15, -0.1) is 11.8 Å².